The molecule has 1 rings (SSSR count). The average molecular weight is 182 g/mol. The number of thiophene rings is 1. The molecule has 68 valence electrons. The maximum Gasteiger partial charge on any atom is -0.00584 e. The molecule has 12 heavy (non-hydrogen) atoms. The van der Waals surface area contributed by atoms with Gasteiger partial charge in [-0.05, 0) is 41.1 Å². The summed E-state index contributed by atoms with van der Waals surface area (Å²) in [7, 11) is 0. The van der Waals surface area contributed by atoms with Crippen molar-refractivity contribution in [3.8, 4) is 0 Å². The van der Waals surface area contributed by atoms with E-state index in [-0.39, 0.29) is 0 Å². The summed E-state index contributed by atoms with van der Waals surface area (Å²) in [6, 6.07) is 2.27. The van der Waals surface area contributed by atoms with Crippen LogP contribution in [0.15, 0.2) is 16.8 Å². The average Bonchev–Trinajstić information content (AvgIpc) is 2.59. The van der Waals surface area contributed by atoms with Crippen LogP contribution in [0.3, 0.4) is 0 Å². The summed E-state index contributed by atoms with van der Waals surface area (Å²) in [4.78, 5) is 0. The third-order valence-corrected chi connectivity index (χ3v) is 3.11. The predicted octanol–water partition coefficient (Wildman–Crippen LogP) is 4.43. The van der Waals surface area contributed by atoms with E-state index in [4.69, 9.17) is 0 Å². The highest BCUT2D eigenvalue weighted by Gasteiger charge is 2.07. The van der Waals surface area contributed by atoms with Crippen LogP contribution in [0.1, 0.15) is 51.0 Å². The molecule has 0 spiro atoms. The van der Waals surface area contributed by atoms with Crippen molar-refractivity contribution in [1.29, 1.82) is 0 Å². The largest absolute Gasteiger partial charge is 0.152 e. The Morgan fingerprint density at radius 2 is 2.25 bits per heavy atom. The Balaban J connectivity index is 2.45. The van der Waals surface area contributed by atoms with Crippen LogP contribution < -0.4 is 0 Å². The Labute approximate surface area is 79.6 Å². The van der Waals surface area contributed by atoms with Gasteiger partial charge in [0.15, 0.2) is 0 Å². The van der Waals surface area contributed by atoms with Gasteiger partial charge in [-0.1, -0.05) is 26.7 Å². The van der Waals surface area contributed by atoms with Gasteiger partial charge in [0.2, 0.25) is 0 Å². The van der Waals surface area contributed by atoms with Crippen molar-refractivity contribution in [2.45, 2.75) is 45.4 Å². The lowest BCUT2D eigenvalue weighted by Crippen LogP contribution is -1.94. The number of rotatable bonds is 5. The first-order valence-corrected chi connectivity index (χ1v) is 5.84. The maximum absolute atomic E-state index is 2.30. The first-order chi connectivity index (χ1) is 5.88. The zero-order valence-corrected chi connectivity index (χ0v) is 8.86. The van der Waals surface area contributed by atoms with Crippen LogP contribution in [0.5, 0.6) is 0 Å². The summed E-state index contributed by atoms with van der Waals surface area (Å²) >= 11 is 1.82. The fourth-order valence-electron chi connectivity index (χ4n) is 1.56. The van der Waals surface area contributed by atoms with Crippen molar-refractivity contribution >= 4 is 11.3 Å². The first kappa shape index (κ1) is 9.79. The maximum atomic E-state index is 2.30. The molecule has 1 aromatic heterocycles. The lowest BCUT2D eigenvalue weighted by molar-refractivity contribution is 0.571. The monoisotopic (exact) mass is 182 g/mol. The van der Waals surface area contributed by atoms with Gasteiger partial charge in [0.1, 0.15) is 0 Å². The SMILES string of the molecule is CCCCC(CC)c1ccsc1. The van der Waals surface area contributed by atoms with Crippen LogP contribution in [0, 0.1) is 0 Å². The van der Waals surface area contributed by atoms with Gasteiger partial charge >= 0.3 is 0 Å². The second kappa shape index (κ2) is 5.36. The van der Waals surface area contributed by atoms with Gasteiger partial charge in [-0.2, -0.15) is 11.3 Å². The molecule has 1 heteroatoms. The number of unbranched alkanes of at least 4 members (excludes halogenated alkanes) is 1. The lowest BCUT2D eigenvalue weighted by Gasteiger charge is -2.11. The van der Waals surface area contributed by atoms with Crippen molar-refractivity contribution < 1.29 is 0 Å². The Morgan fingerprint density at radius 1 is 1.42 bits per heavy atom. The minimum atomic E-state index is 0.816. The molecule has 0 aliphatic rings. The van der Waals surface area contributed by atoms with Crippen LogP contribution in [-0.4, -0.2) is 0 Å². The molecular formula is C11H18S. The molecule has 0 fully saturated rings. The Bertz CT molecular complexity index is 189. The molecule has 0 aliphatic carbocycles. The molecule has 0 amide bonds. The highest BCUT2D eigenvalue weighted by molar-refractivity contribution is 7.07. The molecule has 0 aromatic carbocycles. The van der Waals surface area contributed by atoms with E-state index in [0.717, 1.165) is 5.92 Å². The van der Waals surface area contributed by atoms with Gasteiger partial charge in [-0.25, -0.2) is 0 Å². The first-order valence-electron chi connectivity index (χ1n) is 4.90. The quantitative estimate of drug-likeness (QED) is 0.632. The van der Waals surface area contributed by atoms with Gasteiger partial charge in [0.25, 0.3) is 0 Å². The second-order valence-corrected chi connectivity index (χ2v) is 4.08. The summed E-state index contributed by atoms with van der Waals surface area (Å²) in [5.74, 6) is 0.816. The zero-order valence-electron chi connectivity index (χ0n) is 8.05. The molecule has 0 saturated heterocycles. The minimum Gasteiger partial charge on any atom is -0.152 e. The summed E-state index contributed by atoms with van der Waals surface area (Å²) in [6.07, 6.45) is 5.34. The van der Waals surface area contributed by atoms with Crippen LogP contribution in [0.25, 0.3) is 0 Å². The van der Waals surface area contributed by atoms with E-state index in [1.54, 1.807) is 5.56 Å². The molecule has 0 saturated carbocycles. The highest BCUT2D eigenvalue weighted by Crippen LogP contribution is 2.26. The van der Waals surface area contributed by atoms with E-state index >= 15 is 0 Å². The summed E-state index contributed by atoms with van der Waals surface area (Å²) < 4.78 is 0. The van der Waals surface area contributed by atoms with Crippen molar-refractivity contribution in [3.63, 3.8) is 0 Å². The molecule has 1 aromatic rings. The molecule has 0 radical (unpaired) electrons. The molecule has 1 heterocycles. The van der Waals surface area contributed by atoms with E-state index in [1.807, 2.05) is 11.3 Å². The van der Waals surface area contributed by atoms with Crippen LogP contribution in [0.4, 0.5) is 0 Å². The molecule has 0 aliphatic heterocycles. The van der Waals surface area contributed by atoms with E-state index < -0.39 is 0 Å². The van der Waals surface area contributed by atoms with Gasteiger partial charge in [-0.3, -0.25) is 0 Å². The van der Waals surface area contributed by atoms with Crippen molar-refractivity contribution in [1.82, 2.24) is 0 Å². The van der Waals surface area contributed by atoms with E-state index in [2.05, 4.69) is 30.7 Å². The summed E-state index contributed by atoms with van der Waals surface area (Å²) in [5.41, 5.74) is 1.55. The smallest absolute Gasteiger partial charge is 0.00584 e. The summed E-state index contributed by atoms with van der Waals surface area (Å²) in [5, 5.41) is 4.48. The fourth-order valence-corrected chi connectivity index (χ4v) is 2.31. The molecule has 1 unspecified atom stereocenters. The van der Waals surface area contributed by atoms with Crippen LogP contribution >= 0.6 is 11.3 Å². The Morgan fingerprint density at radius 3 is 2.75 bits per heavy atom. The number of hydrogen-bond acceptors (Lipinski definition) is 1. The topological polar surface area (TPSA) is 0 Å². The van der Waals surface area contributed by atoms with E-state index in [9.17, 15) is 0 Å². The Kier molecular flexibility index (Phi) is 4.37. The molecule has 0 N–H and O–H groups in total. The van der Waals surface area contributed by atoms with Gasteiger partial charge in [-0.15, -0.1) is 0 Å². The fraction of sp³-hybridized carbons (Fsp3) is 0.636. The van der Waals surface area contributed by atoms with Gasteiger partial charge < -0.3 is 0 Å². The standard InChI is InChI=1S/C11H18S/c1-3-5-6-10(4-2)11-7-8-12-9-11/h7-10H,3-6H2,1-2H3. The molecular weight excluding hydrogens is 164 g/mol. The van der Waals surface area contributed by atoms with E-state index in [0.29, 0.717) is 0 Å². The predicted molar refractivity (Wildman–Crippen MR) is 56.9 cm³/mol. The lowest BCUT2D eigenvalue weighted by atomic mass is 9.94. The van der Waals surface area contributed by atoms with Crippen LogP contribution in [-0.2, 0) is 0 Å². The molecule has 0 bridgehead atoms. The minimum absolute atomic E-state index is 0.816. The Hall–Kier alpha value is -0.300. The summed E-state index contributed by atoms with van der Waals surface area (Å²) in [6.45, 7) is 4.55. The normalized spacial score (nSPS) is 13.2. The van der Waals surface area contributed by atoms with Crippen molar-refractivity contribution in [2.24, 2.45) is 0 Å². The van der Waals surface area contributed by atoms with Crippen molar-refractivity contribution in [2.75, 3.05) is 0 Å². The molecule has 1 atom stereocenters. The highest BCUT2D eigenvalue weighted by atomic mass is 32.1. The third-order valence-electron chi connectivity index (χ3n) is 2.41. The molecule has 0 nitrogen and oxygen atoms in total. The van der Waals surface area contributed by atoms with Gasteiger partial charge in [0.05, 0.1) is 0 Å². The second-order valence-electron chi connectivity index (χ2n) is 3.30. The van der Waals surface area contributed by atoms with Gasteiger partial charge in [0, 0.05) is 0 Å². The van der Waals surface area contributed by atoms with Crippen LogP contribution in [0.2, 0.25) is 0 Å². The van der Waals surface area contributed by atoms with E-state index in [1.165, 1.54) is 25.7 Å². The zero-order chi connectivity index (χ0) is 8.81. The third kappa shape index (κ3) is 2.63. The number of hydrogen-bond donors (Lipinski definition) is 0. The van der Waals surface area contributed by atoms with Crippen molar-refractivity contribution in [3.05, 3.63) is 22.4 Å².